The van der Waals surface area contributed by atoms with Crippen molar-refractivity contribution in [1.82, 2.24) is 29.5 Å². The average molecular weight is 334 g/mol. The maximum absolute atomic E-state index is 12.3. The van der Waals surface area contributed by atoms with Gasteiger partial charge in [0.25, 0.3) is 5.91 Å². The molecule has 4 aromatic heterocycles. The minimum atomic E-state index is -0.207. The van der Waals surface area contributed by atoms with Crippen molar-refractivity contribution in [3.63, 3.8) is 0 Å². The highest BCUT2D eigenvalue weighted by molar-refractivity contribution is 5.93. The number of nitrogens with one attached hydrogen (secondary N) is 2. The van der Waals surface area contributed by atoms with Crippen LogP contribution in [0.15, 0.2) is 48.9 Å². The van der Waals surface area contributed by atoms with Gasteiger partial charge in [-0.05, 0) is 36.8 Å². The monoisotopic (exact) mass is 334 g/mol. The highest BCUT2D eigenvalue weighted by Gasteiger charge is 2.13. The van der Waals surface area contributed by atoms with E-state index in [-0.39, 0.29) is 5.91 Å². The fourth-order valence-electron chi connectivity index (χ4n) is 2.80. The van der Waals surface area contributed by atoms with Gasteiger partial charge in [-0.25, -0.2) is 4.98 Å². The highest BCUT2D eigenvalue weighted by Crippen LogP contribution is 2.17. The molecule has 4 aromatic rings. The number of hydrogen-bond acceptors (Lipinski definition) is 3. The predicted octanol–water partition coefficient (Wildman–Crippen LogP) is 2.30. The van der Waals surface area contributed by atoms with Crippen molar-refractivity contribution in [1.29, 1.82) is 0 Å². The number of aromatic amines is 1. The van der Waals surface area contributed by atoms with Gasteiger partial charge in [0.15, 0.2) is 0 Å². The van der Waals surface area contributed by atoms with E-state index in [1.807, 2.05) is 65.8 Å². The molecule has 0 unspecified atom stereocenters. The SMILES string of the molecule is Cc1ccc2nc(CNC(=O)c3cc(-c4cccn4C)n[nH]3)cn2c1. The lowest BCUT2D eigenvalue weighted by Gasteiger charge is -2.00. The molecule has 4 rings (SSSR count). The van der Waals surface area contributed by atoms with Gasteiger partial charge in [-0.2, -0.15) is 5.10 Å². The summed E-state index contributed by atoms with van der Waals surface area (Å²) >= 11 is 0. The fraction of sp³-hybridized carbons (Fsp3) is 0.167. The van der Waals surface area contributed by atoms with Crippen LogP contribution in [-0.2, 0) is 13.6 Å². The van der Waals surface area contributed by atoms with Crippen LogP contribution < -0.4 is 5.32 Å². The van der Waals surface area contributed by atoms with Gasteiger partial charge in [0.1, 0.15) is 17.0 Å². The lowest BCUT2D eigenvalue weighted by molar-refractivity contribution is 0.0945. The number of nitrogens with zero attached hydrogens (tertiary/aromatic N) is 4. The third-order valence-electron chi connectivity index (χ3n) is 4.11. The van der Waals surface area contributed by atoms with Crippen molar-refractivity contribution >= 4 is 11.6 Å². The summed E-state index contributed by atoms with van der Waals surface area (Å²) in [6.45, 7) is 2.39. The van der Waals surface area contributed by atoms with Crippen molar-refractivity contribution in [3.8, 4) is 11.4 Å². The van der Waals surface area contributed by atoms with Crippen molar-refractivity contribution in [2.75, 3.05) is 0 Å². The van der Waals surface area contributed by atoms with Crippen LogP contribution in [0.5, 0.6) is 0 Å². The van der Waals surface area contributed by atoms with Crippen LogP contribution in [-0.4, -0.2) is 30.1 Å². The minimum Gasteiger partial charge on any atom is -0.349 e. The van der Waals surface area contributed by atoms with Gasteiger partial charge in [0, 0.05) is 25.6 Å². The molecule has 0 aliphatic carbocycles. The molecule has 7 nitrogen and oxygen atoms in total. The first-order valence-corrected chi connectivity index (χ1v) is 8.00. The number of amides is 1. The Labute approximate surface area is 144 Å². The summed E-state index contributed by atoms with van der Waals surface area (Å²) in [5, 5.41) is 9.88. The molecule has 0 aliphatic rings. The molecule has 126 valence electrons. The zero-order chi connectivity index (χ0) is 17.4. The van der Waals surface area contributed by atoms with Crippen LogP contribution in [0.3, 0.4) is 0 Å². The van der Waals surface area contributed by atoms with Crippen LogP contribution >= 0.6 is 0 Å². The van der Waals surface area contributed by atoms with E-state index in [9.17, 15) is 4.79 Å². The summed E-state index contributed by atoms with van der Waals surface area (Å²) in [6, 6.07) is 9.62. The second-order valence-corrected chi connectivity index (χ2v) is 6.06. The van der Waals surface area contributed by atoms with Crippen LogP contribution in [0, 0.1) is 6.92 Å². The molecule has 4 heterocycles. The topological polar surface area (TPSA) is 80.0 Å². The van der Waals surface area contributed by atoms with E-state index < -0.39 is 0 Å². The summed E-state index contributed by atoms with van der Waals surface area (Å²) in [5.74, 6) is -0.207. The van der Waals surface area contributed by atoms with E-state index in [4.69, 9.17) is 0 Å². The molecular formula is C18H18N6O. The number of aromatic nitrogens is 5. The number of pyridine rings is 1. The molecule has 1 amide bonds. The molecule has 0 fully saturated rings. The molecule has 0 aliphatic heterocycles. The smallest absolute Gasteiger partial charge is 0.269 e. The van der Waals surface area contributed by atoms with Gasteiger partial charge in [0.05, 0.1) is 17.9 Å². The zero-order valence-electron chi connectivity index (χ0n) is 14.0. The second kappa shape index (κ2) is 5.94. The lowest BCUT2D eigenvalue weighted by atomic mass is 10.2. The molecular weight excluding hydrogens is 316 g/mol. The van der Waals surface area contributed by atoms with Crippen molar-refractivity contribution < 1.29 is 4.79 Å². The first kappa shape index (κ1) is 15.2. The van der Waals surface area contributed by atoms with E-state index in [0.29, 0.717) is 12.2 Å². The molecule has 0 saturated carbocycles. The van der Waals surface area contributed by atoms with Crippen molar-refractivity contribution in [3.05, 3.63) is 65.9 Å². The summed E-state index contributed by atoms with van der Waals surface area (Å²) in [6.07, 6.45) is 5.87. The average Bonchev–Trinajstić information content (AvgIpc) is 3.30. The largest absolute Gasteiger partial charge is 0.349 e. The van der Waals surface area contributed by atoms with E-state index in [2.05, 4.69) is 20.5 Å². The molecule has 0 bridgehead atoms. The predicted molar refractivity (Wildman–Crippen MR) is 94.1 cm³/mol. The van der Waals surface area contributed by atoms with Crippen LogP contribution in [0.25, 0.3) is 17.0 Å². The van der Waals surface area contributed by atoms with Crippen LogP contribution in [0.4, 0.5) is 0 Å². The minimum absolute atomic E-state index is 0.207. The molecule has 25 heavy (non-hydrogen) atoms. The zero-order valence-corrected chi connectivity index (χ0v) is 14.0. The van der Waals surface area contributed by atoms with Gasteiger partial charge >= 0.3 is 0 Å². The number of H-pyrrole nitrogens is 1. The first-order valence-electron chi connectivity index (χ1n) is 8.00. The highest BCUT2D eigenvalue weighted by atomic mass is 16.1. The number of imidazole rings is 1. The number of carbonyl (C=O) groups excluding carboxylic acids is 1. The maximum atomic E-state index is 12.3. The molecule has 0 atom stereocenters. The molecule has 2 N–H and O–H groups in total. The van der Waals surface area contributed by atoms with Crippen molar-refractivity contribution in [2.24, 2.45) is 7.05 Å². The molecule has 0 aromatic carbocycles. The van der Waals surface area contributed by atoms with Gasteiger partial charge < -0.3 is 14.3 Å². The fourth-order valence-corrected chi connectivity index (χ4v) is 2.80. The third-order valence-corrected chi connectivity index (χ3v) is 4.11. The standard InChI is InChI=1S/C18H18N6O/c1-12-5-6-17-20-13(11-24(17)10-12)9-19-18(25)15-8-14(21-22-15)16-4-3-7-23(16)2/h3-8,10-11H,9H2,1-2H3,(H,19,25)(H,21,22). The second-order valence-electron chi connectivity index (χ2n) is 6.06. The number of carbonyl (C=O) groups is 1. The molecule has 7 heteroatoms. The van der Waals surface area contributed by atoms with Crippen molar-refractivity contribution in [2.45, 2.75) is 13.5 Å². The summed E-state index contributed by atoms with van der Waals surface area (Å²) < 4.78 is 3.91. The lowest BCUT2D eigenvalue weighted by Crippen LogP contribution is -2.23. The Morgan fingerprint density at radius 3 is 2.96 bits per heavy atom. The Kier molecular flexibility index (Phi) is 3.61. The summed E-state index contributed by atoms with van der Waals surface area (Å²) in [5.41, 5.74) is 4.94. The Morgan fingerprint density at radius 2 is 2.16 bits per heavy atom. The van der Waals surface area contributed by atoms with E-state index in [1.165, 1.54) is 0 Å². The Morgan fingerprint density at radius 1 is 1.28 bits per heavy atom. The molecule has 0 radical (unpaired) electrons. The maximum Gasteiger partial charge on any atom is 0.269 e. The normalized spacial score (nSPS) is 11.1. The van der Waals surface area contributed by atoms with Gasteiger partial charge in [-0.1, -0.05) is 6.07 Å². The summed E-state index contributed by atoms with van der Waals surface area (Å²) in [4.78, 5) is 16.8. The number of rotatable bonds is 4. The van der Waals surface area contributed by atoms with Gasteiger partial charge in [0.2, 0.25) is 0 Å². The van der Waals surface area contributed by atoms with E-state index >= 15 is 0 Å². The Bertz CT molecular complexity index is 1050. The van der Waals surface area contributed by atoms with Crippen LogP contribution in [0.1, 0.15) is 21.7 Å². The Hall–Kier alpha value is -3.35. The molecule has 0 spiro atoms. The van der Waals surface area contributed by atoms with Gasteiger partial charge in [-0.15, -0.1) is 0 Å². The Balaban J connectivity index is 1.46. The van der Waals surface area contributed by atoms with Crippen LogP contribution in [0.2, 0.25) is 0 Å². The number of aryl methyl sites for hydroxylation is 2. The van der Waals surface area contributed by atoms with E-state index in [0.717, 1.165) is 28.3 Å². The quantitative estimate of drug-likeness (QED) is 0.601. The van der Waals surface area contributed by atoms with Gasteiger partial charge in [-0.3, -0.25) is 9.89 Å². The summed E-state index contributed by atoms with van der Waals surface area (Å²) in [7, 11) is 1.94. The third kappa shape index (κ3) is 2.91. The first-order chi connectivity index (χ1) is 12.1. The number of fused-ring (bicyclic) bond motifs is 1. The van der Waals surface area contributed by atoms with E-state index in [1.54, 1.807) is 6.07 Å². The molecule has 0 saturated heterocycles. The number of hydrogen-bond donors (Lipinski definition) is 2.